The Morgan fingerprint density at radius 1 is 1.30 bits per heavy atom. The lowest BCUT2D eigenvalue weighted by Crippen LogP contribution is -2.37. The zero-order valence-corrected chi connectivity index (χ0v) is 13.4. The van der Waals surface area contributed by atoms with Crippen LogP contribution in [0.2, 0.25) is 0 Å². The van der Waals surface area contributed by atoms with E-state index in [-0.39, 0.29) is 30.6 Å². The highest BCUT2D eigenvalue weighted by Gasteiger charge is 2.31. The average molecular weight is 330 g/mol. The van der Waals surface area contributed by atoms with Gasteiger partial charge in [-0.05, 0) is 31.5 Å². The third-order valence-corrected chi connectivity index (χ3v) is 3.45. The first-order valence-electron chi connectivity index (χ1n) is 7.39. The van der Waals surface area contributed by atoms with Crippen molar-refractivity contribution in [1.82, 2.24) is 5.32 Å². The van der Waals surface area contributed by atoms with Gasteiger partial charge in [0.05, 0.1) is 5.56 Å². The molecule has 0 saturated carbocycles. The summed E-state index contributed by atoms with van der Waals surface area (Å²) in [5.41, 5.74) is -0.700. The fourth-order valence-electron chi connectivity index (χ4n) is 1.98. The molecule has 0 spiro atoms. The maximum atomic E-state index is 12.8. The van der Waals surface area contributed by atoms with Crippen molar-refractivity contribution in [3.63, 3.8) is 0 Å². The fraction of sp³-hybridized carbons (Fsp3) is 0.500. The third-order valence-electron chi connectivity index (χ3n) is 3.45. The summed E-state index contributed by atoms with van der Waals surface area (Å²) in [4.78, 5) is 24.6. The summed E-state index contributed by atoms with van der Waals surface area (Å²) >= 11 is 0. The smallest absolute Gasteiger partial charge is 0.354 e. The first-order chi connectivity index (χ1) is 10.6. The standard InChI is InChI=1S/C16H21F3N2O2/c1-4-11(2)20-15(23)8-9-21(12(3)22)14-7-5-6-13(10-14)16(17,18)19/h5-7,10-11H,4,8-9H2,1-3H3,(H,20,23). The average Bonchev–Trinajstić information content (AvgIpc) is 2.46. The Kier molecular flexibility index (Phi) is 6.60. The molecule has 0 bridgehead atoms. The molecule has 0 aromatic heterocycles. The number of rotatable bonds is 6. The van der Waals surface area contributed by atoms with E-state index in [4.69, 9.17) is 0 Å². The second kappa shape index (κ2) is 7.99. The largest absolute Gasteiger partial charge is 0.416 e. The van der Waals surface area contributed by atoms with Crippen molar-refractivity contribution in [3.8, 4) is 0 Å². The summed E-state index contributed by atoms with van der Waals surface area (Å²) in [5.74, 6) is -0.654. The van der Waals surface area contributed by atoms with Gasteiger partial charge in [-0.2, -0.15) is 13.2 Å². The molecule has 1 rings (SSSR count). The van der Waals surface area contributed by atoms with Crippen molar-refractivity contribution in [1.29, 1.82) is 0 Å². The minimum absolute atomic E-state index is 0.0156. The van der Waals surface area contributed by atoms with Crippen LogP contribution in [0.15, 0.2) is 24.3 Å². The molecule has 1 aromatic carbocycles. The Hall–Kier alpha value is -2.05. The predicted octanol–water partition coefficient (Wildman–Crippen LogP) is 3.36. The van der Waals surface area contributed by atoms with Crippen LogP contribution in [0.5, 0.6) is 0 Å². The van der Waals surface area contributed by atoms with E-state index >= 15 is 0 Å². The molecular weight excluding hydrogens is 309 g/mol. The normalized spacial score (nSPS) is 12.6. The minimum Gasteiger partial charge on any atom is -0.354 e. The lowest BCUT2D eigenvalue weighted by molar-refractivity contribution is -0.137. The Labute approximate surface area is 133 Å². The summed E-state index contributed by atoms with van der Waals surface area (Å²) in [6.07, 6.45) is -3.68. The van der Waals surface area contributed by atoms with Crippen molar-refractivity contribution < 1.29 is 22.8 Å². The molecule has 2 amide bonds. The van der Waals surface area contributed by atoms with E-state index in [1.165, 1.54) is 24.0 Å². The van der Waals surface area contributed by atoms with Crippen LogP contribution < -0.4 is 10.2 Å². The van der Waals surface area contributed by atoms with E-state index in [0.29, 0.717) is 0 Å². The third kappa shape index (κ3) is 5.92. The SMILES string of the molecule is CCC(C)NC(=O)CCN(C(C)=O)c1cccc(C(F)(F)F)c1. The lowest BCUT2D eigenvalue weighted by Gasteiger charge is -2.22. The number of halogens is 3. The number of benzene rings is 1. The number of amides is 2. The van der Waals surface area contributed by atoms with Gasteiger partial charge in [0.2, 0.25) is 11.8 Å². The van der Waals surface area contributed by atoms with Gasteiger partial charge in [0.1, 0.15) is 0 Å². The number of anilines is 1. The number of carbonyl (C=O) groups excluding carboxylic acids is 2. The number of hydrogen-bond donors (Lipinski definition) is 1. The predicted molar refractivity (Wildman–Crippen MR) is 82.0 cm³/mol. The van der Waals surface area contributed by atoms with Gasteiger partial charge in [0, 0.05) is 31.6 Å². The molecule has 1 N–H and O–H groups in total. The minimum atomic E-state index is -4.48. The van der Waals surface area contributed by atoms with Crippen molar-refractivity contribution in [2.45, 2.75) is 45.8 Å². The first-order valence-corrected chi connectivity index (χ1v) is 7.39. The van der Waals surface area contributed by atoms with E-state index in [9.17, 15) is 22.8 Å². The molecule has 0 aliphatic carbocycles. The summed E-state index contributed by atoms with van der Waals surface area (Å²) in [6.45, 7) is 5.06. The second-order valence-electron chi connectivity index (χ2n) is 5.35. The van der Waals surface area contributed by atoms with E-state index in [1.807, 2.05) is 13.8 Å². The highest BCUT2D eigenvalue weighted by Crippen LogP contribution is 2.31. The van der Waals surface area contributed by atoms with Crippen molar-refractivity contribution in [3.05, 3.63) is 29.8 Å². The van der Waals surface area contributed by atoms with Crippen LogP contribution in [-0.4, -0.2) is 24.4 Å². The van der Waals surface area contributed by atoms with E-state index in [0.717, 1.165) is 18.6 Å². The van der Waals surface area contributed by atoms with Crippen LogP contribution in [0.4, 0.5) is 18.9 Å². The van der Waals surface area contributed by atoms with Gasteiger partial charge in [-0.15, -0.1) is 0 Å². The number of carbonyl (C=O) groups is 2. The maximum Gasteiger partial charge on any atom is 0.416 e. The molecular formula is C16H21F3N2O2. The molecule has 1 unspecified atom stereocenters. The van der Waals surface area contributed by atoms with E-state index < -0.39 is 17.6 Å². The van der Waals surface area contributed by atoms with Gasteiger partial charge >= 0.3 is 6.18 Å². The lowest BCUT2D eigenvalue weighted by atomic mass is 10.1. The van der Waals surface area contributed by atoms with Crippen LogP contribution in [0.1, 0.15) is 39.2 Å². The van der Waals surface area contributed by atoms with Crippen molar-refractivity contribution in [2.75, 3.05) is 11.4 Å². The number of nitrogens with one attached hydrogen (secondary N) is 1. The number of alkyl halides is 3. The van der Waals surface area contributed by atoms with Gasteiger partial charge < -0.3 is 10.2 Å². The highest BCUT2D eigenvalue weighted by atomic mass is 19.4. The van der Waals surface area contributed by atoms with E-state index in [1.54, 1.807) is 0 Å². The second-order valence-corrected chi connectivity index (χ2v) is 5.35. The van der Waals surface area contributed by atoms with Crippen LogP contribution in [0.3, 0.4) is 0 Å². The molecule has 23 heavy (non-hydrogen) atoms. The van der Waals surface area contributed by atoms with Gasteiger partial charge in [-0.3, -0.25) is 9.59 Å². The molecule has 0 saturated heterocycles. The molecule has 0 heterocycles. The highest BCUT2D eigenvalue weighted by molar-refractivity contribution is 5.92. The van der Waals surface area contributed by atoms with Crippen molar-refractivity contribution >= 4 is 17.5 Å². The Morgan fingerprint density at radius 3 is 2.48 bits per heavy atom. The number of nitrogens with zero attached hydrogens (tertiary/aromatic N) is 1. The van der Waals surface area contributed by atoms with E-state index in [2.05, 4.69) is 5.32 Å². The quantitative estimate of drug-likeness (QED) is 0.869. The topological polar surface area (TPSA) is 49.4 Å². The summed E-state index contributed by atoms with van der Waals surface area (Å²) in [6, 6.07) is 4.53. The van der Waals surface area contributed by atoms with Crippen LogP contribution in [0.25, 0.3) is 0 Å². The van der Waals surface area contributed by atoms with Gasteiger partial charge in [0.25, 0.3) is 0 Å². The fourth-order valence-corrected chi connectivity index (χ4v) is 1.98. The maximum absolute atomic E-state index is 12.8. The molecule has 7 heteroatoms. The van der Waals surface area contributed by atoms with Crippen LogP contribution in [0, 0.1) is 0 Å². The summed E-state index contributed by atoms with van der Waals surface area (Å²) < 4.78 is 38.3. The van der Waals surface area contributed by atoms with Crippen molar-refractivity contribution in [2.24, 2.45) is 0 Å². The Morgan fingerprint density at radius 2 is 1.96 bits per heavy atom. The molecule has 4 nitrogen and oxygen atoms in total. The summed E-state index contributed by atoms with van der Waals surface area (Å²) in [7, 11) is 0. The molecule has 0 fully saturated rings. The molecule has 128 valence electrons. The summed E-state index contributed by atoms with van der Waals surface area (Å²) in [5, 5.41) is 2.75. The molecule has 0 aliphatic rings. The van der Waals surface area contributed by atoms with Gasteiger partial charge in [0.15, 0.2) is 0 Å². The zero-order valence-electron chi connectivity index (χ0n) is 13.4. The molecule has 1 atom stereocenters. The van der Waals surface area contributed by atoms with Gasteiger partial charge in [-0.25, -0.2) is 0 Å². The molecule has 0 radical (unpaired) electrons. The Balaban J connectivity index is 2.84. The first kappa shape index (κ1) is 19.0. The van der Waals surface area contributed by atoms with Crippen LogP contribution in [-0.2, 0) is 15.8 Å². The Bertz CT molecular complexity index is 559. The molecule has 0 aliphatic heterocycles. The monoisotopic (exact) mass is 330 g/mol. The molecule has 1 aromatic rings. The zero-order chi connectivity index (χ0) is 17.6. The number of hydrogen-bond acceptors (Lipinski definition) is 2. The van der Waals surface area contributed by atoms with Crippen LogP contribution >= 0.6 is 0 Å². The van der Waals surface area contributed by atoms with Gasteiger partial charge in [-0.1, -0.05) is 13.0 Å².